The zero-order valence-corrected chi connectivity index (χ0v) is 11.3. The van der Waals surface area contributed by atoms with Crippen LogP contribution in [-0.4, -0.2) is 54.2 Å². The predicted molar refractivity (Wildman–Crippen MR) is 74.6 cm³/mol. The highest BCUT2D eigenvalue weighted by molar-refractivity contribution is 5.23. The van der Waals surface area contributed by atoms with Crippen molar-refractivity contribution in [2.45, 2.75) is 19.9 Å². The molecule has 2 rings (SSSR count). The molecule has 0 aromatic heterocycles. The minimum Gasteiger partial charge on any atom is -0.395 e. The average molecular weight is 248 g/mol. The maximum Gasteiger partial charge on any atom is 0.0558 e. The van der Waals surface area contributed by atoms with E-state index in [1.165, 1.54) is 11.1 Å². The number of benzene rings is 1. The molecule has 1 heterocycles. The topological polar surface area (TPSA) is 26.7 Å². The van der Waals surface area contributed by atoms with Crippen molar-refractivity contribution in [1.82, 2.24) is 9.80 Å². The van der Waals surface area contributed by atoms with Crippen molar-refractivity contribution < 1.29 is 5.11 Å². The fourth-order valence-electron chi connectivity index (χ4n) is 2.52. The van der Waals surface area contributed by atoms with Crippen molar-refractivity contribution in [2.75, 3.05) is 39.3 Å². The van der Waals surface area contributed by atoms with Gasteiger partial charge in [-0.3, -0.25) is 9.80 Å². The lowest BCUT2D eigenvalue weighted by Crippen LogP contribution is -2.46. The lowest BCUT2D eigenvalue weighted by atomic mass is 10.1. The van der Waals surface area contributed by atoms with E-state index in [1.807, 2.05) is 0 Å². The van der Waals surface area contributed by atoms with Gasteiger partial charge in [-0.15, -0.1) is 0 Å². The molecule has 0 amide bonds. The fourth-order valence-corrected chi connectivity index (χ4v) is 2.52. The Kier molecular flexibility index (Phi) is 5.17. The Morgan fingerprint density at radius 2 is 1.72 bits per heavy atom. The lowest BCUT2D eigenvalue weighted by molar-refractivity contribution is 0.108. The monoisotopic (exact) mass is 248 g/mol. The first kappa shape index (κ1) is 13.5. The Hall–Kier alpha value is -0.900. The highest BCUT2D eigenvalue weighted by atomic mass is 16.3. The number of aryl methyl sites for hydroxylation is 1. The van der Waals surface area contributed by atoms with Crippen LogP contribution in [0.15, 0.2) is 24.3 Å². The van der Waals surface area contributed by atoms with Crippen molar-refractivity contribution >= 4 is 0 Å². The standard InChI is InChI=1S/C15H24N2O/c1-2-14-4-3-5-15(12-14)13-17-8-6-16(7-9-17)10-11-18/h3-5,12,18H,2,6-11,13H2,1H3. The van der Waals surface area contributed by atoms with Gasteiger partial charge >= 0.3 is 0 Å². The van der Waals surface area contributed by atoms with Crippen LogP contribution in [0.4, 0.5) is 0 Å². The average Bonchev–Trinajstić information content (AvgIpc) is 2.42. The summed E-state index contributed by atoms with van der Waals surface area (Å²) in [4.78, 5) is 4.83. The van der Waals surface area contributed by atoms with Crippen molar-refractivity contribution in [3.63, 3.8) is 0 Å². The van der Waals surface area contributed by atoms with E-state index < -0.39 is 0 Å². The molecular formula is C15H24N2O. The smallest absolute Gasteiger partial charge is 0.0558 e. The maximum atomic E-state index is 8.92. The second kappa shape index (κ2) is 6.88. The summed E-state index contributed by atoms with van der Waals surface area (Å²) in [5, 5.41) is 8.92. The van der Waals surface area contributed by atoms with Crippen LogP contribution in [-0.2, 0) is 13.0 Å². The second-order valence-electron chi connectivity index (χ2n) is 5.01. The summed E-state index contributed by atoms with van der Waals surface area (Å²) < 4.78 is 0. The molecule has 0 spiro atoms. The summed E-state index contributed by atoms with van der Waals surface area (Å²) in [6.45, 7) is 8.72. The summed E-state index contributed by atoms with van der Waals surface area (Å²) >= 11 is 0. The molecule has 0 unspecified atom stereocenters. The van der Waals surface area contributed by atoms with Gasteiger partial charge in [-0.2, -0.15) is 0 Å². The fraction of sp³-hybridized carbons (Fsp3) is 0.600. The van der Waals surface area contributed by atoms with Gasteiger partial charge in [0.15, 0.2) is 0 Å². The normalized spacial score (nSPS) is 18.1. The van der Waals surface area contributed by atoms with Gasteiger partial charge in [0.25, 0.3) is 0 Å². The summed E-state index contributed by atoms with van der Waals surface area (Å²) in [6, 6.07) is 8.90. The van der Waals surface area contributed by atoms with Crippen LogP contribution >= 0.6 is 0 Å². The first-order chi connectivity index (χ1) is 8.81. The van der Waals surface area contributed by atoms with Crippen molar-refractivity contribution in [3.8, 4) is 0 Å². The molecule has 1 aromatic rings. The summed E-state index contributed by atoms with van der Waals surface area (Å²) in [5.41, 5.74) is 2.84. The molecule has 1 N–H and O–H groups in total. The zero-order chi connectivity index (χ0) is 12.8. The first-order valence-corrected chi connectivity index (χ1v) is 6.95. The van der Waals surface area contributed by atoms with Crippen LogP contribution in [0.5, 0.6) is 0 Å². The predicted octanol–water partition coefficient (Wildman–Crippen LogP) is 1.36. The third kappa shape index (κ3) is 3.80. The quantitative estimate of drug-likeness (QED) is 0.852. The van der Waals surface area contributed by atoms with E-state index in [1.54, 1.807) is 0 Å². The van der Waals surface area contributed by atoms with Gasteiger partial charge in [0.05, 0.1) is 6.61 Å². The highest BCUT2D eigenvalue weighted by Crippen LogP contribution is 2.11. The van der Waals surface area contributed by atoms with Gasteiger partial charge in [-0.05, 0) is 17.5 Å². The molecule has 3 nitrogen and oxygen atoms in total. The molecule has 0 bridgehead atoms. The Morgan fingerprint density at radius 1 is 1.06 bits per heavy atom. The molecule has 0 saturated carbocycles. The van der Waals surface area contributed by atoms with Crippen LogP contribution in [0.2, 0.25) is 0 Å². The molecule has 0 aliphatic carbocycles. The number of β-amino-alcohol motifs (C(OH)–C–C–N with tert-alkyl or cyclic N) is 1. The van der Waals surface area contributed by atoms with Crippen LogP contribution < -0.4 is 0 Å². The number of aliphatic hydroxyl groups is 1. The second-order valence-corrected chi connectivity index (χ2v) is 5.01. The van der Waals surface area contributed by atoms with E-state index in [0.717, 1.165) is 45.7 Å². The van der Waals surface area contributed by atoms with Crippen LogP contribution in [0.1, 0.15) is 18.1 Å². The highest BCUT2D eigenvalue weighted by Gasteiger charge is 2.16. The SMILES string of the molecule is CCc1cccc(CN2CCN(CCO)CC2)c1. The number of aliphatic hydroxyl groups excluding tert-OH is 1. The lowest BCUT2D eigenvalue weighted by Gasteiger charge is -2.34. The Bertz CT molecular complexity index is 359. The molecule has 0 radical (unpaired) electrons. The van der Waals surface area contributed by atoms with E-state index in [4.69, 9.17) is 5.11 Å². The van der Waals surface area contributed by atoms with E-state index in [0.29, 0.717) is 0 Å². The molecule has 100 valence electrons. The van der Waals surface area contributed by atoms with E-state index in [2.05, 4.69) is 41.0 Å². The minimum atomic E-state index is 0.276. The largest absolute Gasteiger partial charge is 0.395 e. The molecule has 3 heteroatoms. The molecule has 1 aliphatic heterocycles. The Balaban J connectivity index is 1.83. The third-order valence-electron chi connectivity index (χ3n) is 3.69. The van der Waals surface area contributed by atoms with Crippen molar-refractivity contribution in [3.05, 3.63) is 35.4 Å². The van der Waals surface area contributed by atoms with Crippen molar-refractivity contribution in [1.29, 1.82) is 0 Å². The van der Waals surface area contributed by atoms with Crippen LogP contribution in [0.3, 0.4) is 0 Å². The summed E-state index contributed by atoms with van der Waals surface area (Å²) in [6.07, 6.45) is 1.11. The number of piperazine rings is 1. The summed E-state index contributed by atoms with van der Waals surface area (Å²) in [7, 11) is 0. The molecular weight excluding hydrogens is 224 g/mol. The van der Waals surface area contributed by atoms with Gasteiger partial charge in [0.1, 0.15) is 0 Å². The maximum absolute atomic E-state index is 8.92. The summed E-state index contributed by atoms with van der Waals surface area (Å²) in [5.74, 6) is 0. The molecule has 1 aliphatic rings. The number of rotatable bonds is 5. The van der Waals surface area contributed by atoms with Gasteiger partial charge in [0.2, 0.25) is 0 Å². The van der Waals surface area contributed by atoms with E-state index >= 15 is 0 Å². The first-order valence-electron chi connectivity index (χ1n) is 6.95. The molecule has 18 heavy (non-hydrogen) atoms. The number of nitrogens with zero attached hydrogens (tertiary/aromatic N) is 2. The van der Waals surface area contributed by atoms with Gasteiger partial charge in [-0.25, -0.2) is 0 Å². The molecule has 1 aromatic carbocycles. The zero-order valence-electron chi connectivity index (χ0n) is 11.3. The van der Waals surface area contributed by atoms with E-state index in [9.17, 15) is 0 Å². The number of hydrogen-bond donors (Lipinski definition) is 1. The van der Waals surface area contributed by atoms with Crippen molar-refractivity contribution in [2.24, 2.45) is 0 Å². The van der Waals surface area contributed by atoms with Gasteiger partial charge in [-0.1, -0.05) is 31.2 Å². The van der Waals surface area contributed by atoms with Gasteiger partial charge in [0, 0.05) is 39.3 Å². The molecule has 1 fully saturated rings. The molecule has 1 saturated heterocycles. The Labute approximate surface area is 110 Å². The number of hydrogen-bond acceptors (Lipinski definition) is 3. The Morgan fingerprint density at radius 3 is 2.39 bits per heavy atom. The van der Waals surface area contributed by atoms with E-state index in [-0.39, 0.29) is 6.61 Å². The van der Waals surface area contributed by atoms with Crippen LogP contribution in [0.25, 0.3) is 0 Å². The van der Waals surface area contributed by atoms with Gasteiger partial charge < -0.3 is 5.11 Å². The van der Waals surface area contributed by atoms with Crippen LogP contribution in [0, 0.1) is 0 Å². The minimum absolute atomic E-state index is 0.276. The third-order valence-corrected chi connectivity index (χ3v) is 3.69. The molecule has 0 atom stereocenters.